The van der Waals surface area contributed by atoms with Crippen molar-refractivity contribution < 1.29 is 4.79 Å². The Balaban J connectivity index is 0.00000176. The molecular formula is C15H18Cl2N4O. The molecule has 0 radical (unpaired) electrons. The van der Waals surface area contributed by atoms with Gasteiger partial charge in [0.25, 0.3) is 5.91 Å². The lowest BCUT2D eigenvalue weighted by atomic mass is 10.1. The van der Waals surface area contributed by atoms with Crippen molar-refractivity contribution in [1.29, 1.82) is 0 Å². The van der Waals surface area contributed by atoms with Gasteiger partial charge in [-0.3, -0.25) is 9.89 Å². The molecule has 0 atom stereocenters. The highest BCUT2D eigenvalue weighted by Gasteiger charge is 2.23. The van der Waals surface area contributed by atoms with Crippen LogP contribution < -0.4 is 5.32 Å². The number of rotatable bonds is 3. The fraction of sp³-hybridized carbons (Fsp3) is 0.333. The number of hydrogen-bond acceptors (Lipinski definition) is 3. The number of aromatic nitrogens is 2. The predicted octanol–water partition coefficient (Wildman–Crippen LogP) is 2.40. The molecule has 2 heterocycles. The van der Waals surface area contributed by atoms with Crippen LogP contribution in [0.4, 0.5) is 0 Å². The van der Waals surface area contributed by atoms with Crippen molar-refractivity contribution in [3.63, 3.8) is 0 Å². The molecule has 5 nitrogen and oxygen atoms in total. The van der Waals surface area contributed by atoms with Gasteiger partial charge in [0.1, 0.15) is 0 Å². The summed E-state index contributed by atoms with van der Waals surface area (Å²) in [6.45, 7) is 2.12. The highest BCUT2D eigenvalue weighted by Crippen LogP contribution is 2.18. The molecule has 0 bridgehead atoms. The zero-order chi connectivity index (χ0) is 14.8. The fourth-order valence-corrected chi connectivity index (χ4v) is 2.78. The highest BCUT2D eigenvalue weighted by atomic mass is 35.5. The maximum Gasteiger partial charge on any atom is 0.274 e. The van der Waals surface area contributed by atoms with Crippen LogP contribution in [0.3, 0.4) is 0 Å². The van der Waals surface area contributed by atoms with E-state index in [9.17, 15) is 4.79 Å². The SMILES string of the molecule is CN(Cc1cccc(Cl)c1)C(=O)c1n[nH]c2c1CNCC2.Cl. The van der Waals surface area contributed by atoms with Gasteiger partial charge in [0.05, 0.1) is 0 Å². The molecule has 1 aromatic heterocycles. The first kappa shape index (κ1) is 16.8. The van der Waals surface area contributed by atoms with Crippen LogP contribution in [0.2, 0.25) is 5.02 Å². The molecule has 22 heavy (non-hydrogen) atoms. The van der Waals surface area contributed by atoms with Gasteiger partial charge in [0, 0.05) is 49.4 Å². The summed E-state index contributed by atoms with van der Waals surface area (Å²) < 4.78 is 0. The number of fused-ring (bicyclic) bond motifs is 1. The van der Waals surface area contributed by atoms with Crippen LogP contribution in [-0.4, -0.2) is 34.6 Å². The standard InChI is InChI=1S/C15H17ClN4O.ClH/c1-20(9-10-3-2-4-11(16)7-10)15(21)14-12-8-17-6-5-13(12)18-19-14;/h2-4,7,17H,5-6,8-9H2,1H3,(H,18,19);1H. The lowest BCUT2D eigenvalue weighted by Crippen LogP contribution is -2.29. The summed E-state index contributed by atoms with van der Waals surface area (Å²) in [4.78, 5) is 14.2. The predicted molar refractivity (Wildman–Crippen MR) is 88.5 cm³/mol. The Kier molecular flexibility index (Phi) is 5.45. The summed E-state index contributed by atoms with van der Waals surface area (Å²) in [7, 11) is 1.78. The maximum atomic E-state index is 12.5. The summed E-state index contributed by atoms with van der Waals surface area (Å²) in [5.41, 5.74) is 3.57. The fourth-order valence-electron chi connectivity index (χ4n) is 2.56. The van der Waals surface area contributed by atoms with Crippen molar-refractivity contribution in [2.45, 2.75) is 19.5 Å². The van der Waals surface area contributed by atoms with E-state index >= 15 is 0 Å². The highest BCUT2D eigenvalue weighted by molar-refractivity contribution is 6.30. The van der Waals surface area contributed by atoms with Crippen LogP contribution in [0.1, 0.15) is 27.3 Å². The molecule has 2 aromatic rings. The summed E-state index contributed by atoms with van der Waals surface area (Å²) in [5, 5.41) is 11.1. The minimum Gasteiger partial charge on any atom is -0.336 e. The van der Waals surface area contributed by atoms with E-state index in [-0.39, 0.29) is 18.3 Å². The molecule has 0 unspecified atom stereocenters. The van der Waals surface area contributed by atoms with Crippen LogP contribution >= 0.6 is 24.0 Å². The van der Waals surface area contributed by atoms with Gasteiger partial charge >= 0.3 is 0 Å². The van der Waals surface area contributed by atoms with Crippen LogP contribution in [0.15, 0.2) is 24.3 Å². The number of halogens is 2. The molecule has 1 aliphatic heterocycles. The Bertz CT molecular complexity index is 671. The first-order valence-corrected chi connectivity index (χ1v) is 7.29. The van der Waals surface area contributed by atoms with E-state index in [0.717, 1.165) is 29.8 Å². The van der Waals surface area contributed by atoms with Gasteiger partial charge in [-0.05, 0) is 17.7 Å². The topological polar surface area (TPSA) is 61.0 Å². The average molecular weight is 341 g/mol. The zero-order valence-electron chi connectivity index (χ0n) is 12.2. The van der Waals surface area contributed by atoms with Gasteiger partial charge in [0.2, 0.25) is 0 Å². The van der Waals surface area contributed by atoms with Crippen LogP contribution in [0.5, 0.6) is 0 Å². The van der Waals surface area contributed by atoms with Gasteiger partial charge in [0.15, 0.2) is 5.69 Å². The molecule has 1 amide bonds. The van der Waals surface area contributed by atoms with Gasteiger partial charge in [-0.25, -0.2) is 0 Å². The Labute approximate surface area is 140 Å². The number of nitrogens with one attached hydrogen (secondary N) is 2. The van der Waals surface area contributed by atoms with Gasteiger partial charge in [-0.1, -0.05) is 23.7 Å². The molecule has 1 aromatic carbocycles. The zero-order valence-corrected chi connectivity index (χ0v) is 13.8. The van der Waals surface area contributed by atoms with Crippen LogP contribution in [0, 0.1) is 0 Å². The number of aromatic amines is 1. The number of carbonyl (C=O) groups excluding carboxylic acids is 1. The molecule has 0 fully saturated rings. The largest absolute Gasteiger partial charge is 0.336 e. The number of hydrogen-bond donors (Lipinski definition) is 2. The van der Waals surface area contributed by atoms with E-state index in [1.54, 1.807) is 11.9 Å². The number of benzene rings is 1. The molecule has 118 valence electrons. The van der Waals surface area contributed by atoms with Crippen molar-refractivity contribution in [2.75, 3.05) is 13.6 Å². The molecule has 0 spiro atoms. The number of carbonyl (C=O) groups is 1. The molecular weight excluding hydrogens is 323 g/mol. The average Bonchev–Trinajstić information content (AvgIpc) is 2.90. The second-order valence-corrected chi connectivity index (χ2v) is 5.68. The minimum atomic E-state index is -0.0730. The maximum absolute atomic E-state index is 12.5. The van der Waals surface area contributed by atoms with E-state index in [1.807, 2.05) is 24.3 Å². The molecule has 0 saturated heterocycles. The summed E-state index contributed by atoms with van der Waals surface area (Å²) in [5.74, 6) is -0.0730. The first-order valence-electron chi connectivity index (χ1n) is 6.92. The Morgan fingerprint density at radius 1 is 1.45 bits per heavy atom. The van der Waals surface area contributed by atoms with Crippen molar-refractivity contribution in [2.24, 2.45) is 0 Å². The van der Waals surface area contributed by atoms with Gasteiger partial charge in [-0.15, -0.1) is 12.4 Å². The monoisotopic (exact) mass is 340 g/mol. The summed E-state index contributed by atoms with van der Waals surface area (Å²) >= 11 is 5.97. The van der Waals surface area contributed by atoms with Crippen molar-refractivity contribution in [1.82, 2.24) is 20.4 Å². The van der Waals surface area contributed by atoms with Crippen molar-refractivity contribution in [3.8, 4) is 0 Å². The van der Waals surface area contributed by atoms with E-state index in [0.29, 0.717) is 23.8 Å². The molecule has 2 N–H and O–H groups in total. The normalized spacial score (nSPS) is 13.2. The van der Waals surface area contributed by atoms with Crippen LogP contribution in [0.25, 0.3) is 0 Å². The molecule has 0 saturated carbocycles. The van der Waals surface area contributed by atoms with E-state index in [4.69, 9.17) is 11.6 Å². The quantitative estimate of drug-likeness (QED) is 0.901. The van der Waals surface area contributed by atoms with E-state index in [2.05, 4.69) is 15.5 Å². The molecule has 1 aliphatic rings. The second-order valence-electron chi connectivity index (χ2n) is 5.25. The van der Waals surface area contributed by atoms with Gasteiger partial charge in [-0.2, -0.15) is 5.10 Å². The number of amides is 1. The summed E-state index contributed by atoms with van der Waals surface area (Å²) in [6.07, 6.45) is 0.883. The van der Waals surface area contributed by atoms with Crippen molar-refractivity contribution in [3.05, 3.63) is 51.8 Å². The smallest absolute Gasteiger partial charge is 0.274 e. The first-order chi connectivity index (χ1) is 10.1. The van der Waals surface area contributed by atoms with Crippen LogP contribution in [-0.2, 0) is 19.5 Å². The third-order valence-corrected chi connectivity index (χ3v) is 3.90. The molecule has 0 aliphatic carbocycles. The second kappa shape index (κ2) is 7.13. The van der Waals surface area contributed by atoms with E-state index < -0.39 is 0 Å². The Morgan fingerprint density at radius 3 is 3.05 bits per heavy atom. The third-order valence-electron chi connectivity index (χ3n) is 3.66. The number of H-pyrrole nitrogens is 1. The van der Waals surface area contributed by atoms with Gasteiger partial charge < -0.3 is 10.2 Å². The third kappa shape index (κ3) is 3.43. The summed E-state index contributed by atoms with van der Waals surface area (Å²) in [6, 6.07) is 7.53. The Hall–Kier alpha value is -1.56. The Morgan fingerprint density at radius 2 is 2.27 bits per heavy atom. The lowest BCUT2D eigenvalue weighted by Gasteiger charge is -2.18. The lowest BCUT2D eigenvalue weighted by molar-refractivity contribution is 0.0778. The van der Waals surface area contributed by atoms with E-state index in [1.165, 1.54) is 0 Å². The minimum absolute atomic E-state index is 0. The molecule has 7 heteroatoms. The van der Waals surface area contributed by atoms with Crippen molar-refractivity contribution >= 4 is 29.9 Å². The molecule has 3 rings (SSSR count). The number of nitrogens with zero attached hydrogens (tertiary/aromatic N) is 2.